The Kier molecular flexibility index (Phi) is 91.9. The van der Waals surface area contributed by atoms with Gasteiger partial charge >= 0.3 is 0 Å². The summed E-state index contributed by atoms with van der Waals surface area (Å²) < 4.78 is 0. The SMILES string of the molecule is CC=O.N=[C-]N.[W]. The predicted molar refractivity (Wildman–Crippen MR) is 23.7 cm³/mol. The fourth-order valence-corrected chi connectivity index (χ4v) is 0. The van der Waals surface area contributed by atoms with Gasteiger partial charge in [0.25, 0.3) is 0 Å². The van der Waals surface area contributed by atoms with Crippen molar-refractivity contribution in [3.8, 4) is 0 Å². The Hall–Kier alpha value is -0.172. The fourth-order valence-electron chi connectivity index (χ4n) is 0. The average molecular weight is 271 g/mol. The van der Waals surface area contributed by atoms with Gasteiger partial charge in [-0.3, -0.25) is 0 Å². The summed E-state index contributed by atoms with van der Waals surface area (Å²) in [7, 11) is 0. The predicted octanol–water partition coefficient (Wildman–Crippen LogP) is -0.368. The van der Waals surface area contributed by atoms with E-state index in [1.54, 1.807) is 0 Å². The molecule has 0 bridgehead atoms. The molecule has 4 heteroatoms. The van der Waals surface area contributed by atoms with E-state index >= 15 is 0 Å². The second-order valence-corrected chi connectivity index (χ2v) is 0.380. The molecule has 0 saturated carbocycles. The van der Waals surface area contributed by atoms with E-state index in [1.165, 1.54) is 13.3 Å². The minimum atomic E-state index is 0. The summed E-state index contributed by atoms with van der Waals surface area (Å²) in [6.07, 6.45) is 2.25. The smallest absolute Gasteiger partial charge is 0.116 e. The molecule has 0 aliphatic carbocycles. The van der Waals surface area contributed by atoms with E-state index in [0.717, 1.165) is 6.29 Å². The van der Waals surface area contributed by atoms with Gasteiger partial charge in [0.2, 0.25) is 0 Å². The number of hydrogen-bond donors (Lipinski definition) is 2. The van der Waals surface area contributed by atoms with Crippen LogP contribution in [0.25, 0.3) is 0 Å². The molecule has 0 saturated heterocycles. The third kappa shape index (κ3) is 2900. The number of nitrogens with two attached hydrogens (primary N) is 1. The molecule has 0 atom stereocenters. The second kappa shape index (κ2) is 40.6. The topological polar surface area (TPSA) is 66.9 Å². The Labute approximate surface area is 57.0 Å². The number of carbonyl (C=O) groups is 1. The molecule has 0 rings (SSSR count). The van der Waals surface area contributed by atoms with E-state index in [1.807, 2.05) is 0 Å². The number of carbonyl (C=O) groups excluding carboxylic acids is 1. The summed E-state index contributed by atoms with van der Waals surface area (Å²) >= 11 is 0. The molecule has 0 aromatic heterocycles. The van der Waals surface area contributed by atoms with Crippen LogP contribution in [0.2, 0.25) is 0 Å². The maximum Gasteiger partial charge on any atom is 0.116 e. The molecule has 0 aliphatic rings. The molecule has 3 nitrogen and oxygen atoms in total. The molecular weight excluding hydrogens is 264 g/mol. The molecule has 42 valence electrons. The summed E-state index contributed by atoms with van der Waals surface area (Å²) in [5.74, 6) is 0. The summed E-state index contributed by atoms with van der Waals surface area (Å²) in [5.41, 5.74) is 4.26. The van der Waals surface area contributed by atoms with Crippen molar-refractivity contribution in [1.29, 1.82) is 5.41 Å². The monoisotopic (exact) mass is 271 g/mol. The minimum Gasteiger partial charge on any atom is -0.563 e. The van der Waals surface area contributed by atoms with Crippen molar-refractivity contribution in [2.24, 2.45) is 5.73 Å². The molecule has 0 aromatic rings. The van der Waals surface area contributed by atoms with Crippen LogP contribution in [0.3, 0.4) is 0 Å². The van der Waals surface area contributed by atoms with Crippen molar-refractivity contribution in [2.45, 2.75) is 6.92 Å². The Morgan fingerprint density at radius 1 is 1.86 bits per heavy atom. The second-order valence-electron chi connectivity index (χ2n) is 0.380. The summed E-state index contributed by atoms with van der Waals surface area (Å²) in [4.78, 5) is 8.81. The fraction of sp³-hybridized carbons (Fsp3) is 0.333. The van der Waals surface area contributed by atoms with E-state index in [9.17, 15) is 0 Å². The third-order valence-electron chi connectivity index (χ3n) is 0. The van der Waals surface area contributed by atoms with Crippen LogP contribution < -0.4 is 5.73 Å². The van der Waals surface area contributed by atoms with Gasteiger partial charge in [-0.05, 0) is 6.92 Å². The van der Waals surface area contributed by atoms with Crippen molar-refractivity contribution in [1.82, 2.24) is 0 Å². The molecule has 0 aliphatic heterocycles. The van der Waals surface area contributed by atoms with Gasteiger partial charge in [0.05, 0.1) is 0 Å². The molecule has 0 heterocycles. The summed E-state index contributed by atoms with van der Waals surface area (Å²) in [6.45, 7) is 1.44. The molecule has 0 radical (unpaired) electrons. The summed E-state index contributed by atoms with van der Waals surface area (Å²) in [5, 5.41) is 5.74. The van der Waals surface area contributed by atoms with Crippen LogP contribution >= 0.6 is 0 Å². The van der Waals surface area contributed by atoms with E-state index in [0.29, 0.717) is 0 Å². The number of hydrogen-bond acceptors (Lipinski definition) is 2. The number of rotatable bonds is 0. The van der Waals surface area contributed by atoms with Gasteiger partial charge in [-0.25, -0.2) is 0 Å². The molecule has 0 amide bonds. The van der Waals surface area contributed by atoms with Crippen LogP contribution in [-0.4, -0.2) is 12.6 Å². The maximum atomic E-state index is 8.81. The molecule has 0 spiro atoms. The Morgan fingerprint density at radius 2 is 1.86 bits per heavy atom. The van der Waals surface area contributed by atoms with Crippen molar-refractivity contribution >= 4 is 12.6 Å². The molecular formula is C3H7N2OW-. The van der Waals surface area contributed by atoms with E-state index in [4.69, 9.17) is 10.2 Å². The quantitative estimate of drug-likeness (QED) is 0.207. The first-order valence-corrected chi connectivity index (χ1v) is 1.35. The van der Waals surface area contributed by atoms with Gasteiger partial charge in [-0.15, -0.1) is 0 Å². The maximum absolute atomic E-state index is 8.81. The largest absolute Gasteiger partial charge is 0.563 e. The van der Waals surface area contributed by atoms with Crippen LogP contribution in [0.15, 0.2) is 0 Å². The Bertz CT molecular complexity index is 33.9. The number of nitrogens with one attached hydrogen (secondary N) is 1. The summed E-state index contributed by atoms with van der Waals surface area (Å²) in [6, 6.07) is 0. The molecule has 3 N–H and O–H groups in total. The standard InChI is InChI=1S/C2H4O.CH3N2.W/c1-2-3;2-1-3;/h2H,1H3;(H3,2,3);/q;-1;. The zero-order chi connectivity index (χ0) is 5.41. The van der Waals surface area contributed by atoms with Crippen molar-refractivity contribution in [3.05, 3.63) is 0 Å². The van der Waals surface area contributed by atoms with Gasteiger partial charge in [0.15, 0.2) is 0 Å². The van der Waals surface area contributed by atoms with Crippen molar-refractivity contribution in [3.63, 3.8) is 0 Å². The average Bonchev–Trinajstić information content (AvgIpc) is 1.39. The van der Waals surface area contributed by atoms with Gasteiger partial charge < -0.3 is 22.3 Å². The third-order valence-corrected chi connectivity index (χ3v) is 0. The van der Waals surface area contributed by atoms with E-state index in [-0.39, 0.29) is 21.1 Å². The van der Waals surface area contributed by atoms with Crippen molar-refractivity contribution < 1.29 is 25.9 Å². The van der Waals surface area contributed by atoms with Crippen LogP contribution in [0, 0.1) is 5.41 Å². The first-order chi connectivity index (χ1) is 2.83. The zero-order valence-electron chi connectivity index (χ0n) is 3.97. The van der Waals surface area contributed by atoms with Gasteiger partial charge in [-0.2, -0.15) is 0 Å². The Balaban J connectivity index is -0.0000000400. The van der Waals surface area contributed by atoms with Crippen LogP contribution in [0.4, 0.5) is 0 Å². The first kappa shape index (κ1) is 15.8. The molecule has 0 fully saturated rings. The minimum absolute atomic E-state index is 0. The zero-order valence-corrected chi connectivity index (χ0v) is 6.90. The van der Waals surface area contributed by atoms with Crippen LogP contribution in [0.1, 0.15) is 6.92 Å². The van der Waals surface area contributed by atoms with Crippen molar-refractivity contribution in [2.75, 3.05) is 0 Å². The molecule has 0 aromatic carbocycles. The normalized spacial score (nSPS) is 3.57. The molecule has 0 unspecified atom stereocenters. The van der Waals surface area contributed by atoms with Gasteiger partial charge in [0.1, 0.15) is 6.29 Å². The van der Waals surface area contributed by atoms with Crippen LogP contribution in [-0.2, 0) is 25.9 Å². The van der Waals surface area contributed by atoms with Crippen LogP contribution in [0.5, 0.6) is 0 Å². The van der Waals surface area contributed by atoms with Gasteiger partial charge in [-0.1, -0.05) is 0 Å². The van der Waals surface area contributed by atoms with Gasteiger partial charge in [0, 0.05) is 21.1 Å². The Morgan fingerprint density at radius 3 is 1.86 bits per heavy atom. The molecule has 7 heavy (non-hydrogen) atoms. The van der Waals surface area contributed by atoms with E-state index in [2.05, 4.69) is 5.73 Å². The van der Waals surface area contributed by atoms with E-state index < -0.39 is 0 Å². The number of aldehydes is 1. The first-order valence-electron chi connectivity index (χ1n) is 1.35.